The second-order valence-corrected chi connectivity index (χ2v) is 5.57. The lowest BCUT2D eigenvalue weighted by atomic mass is 10.0. The quantitative estimate of drug-likeness (QED) is 0.772. The molecule has 0 fully saturated rings. The number of nitrogens with zero attached hydrogens (tertiary/aromatic N) is 1. The minimum absolute atomic E-state index is 0.371. The molecule has 0 saturated heterocycles. The predicted molar refractivity (Wildman–Crippen MR) is 84.9 cm³/mol. The molecule has 19 heavy (non-hydrogen) atoms. The molecule has 0 heterocycles. The van der Waals surface area contributed by atoms with Gasteiger partial charge in [-0.15, -0.1) is 0 Å². The second-order valence-electron chi connectivity index (χ2n) is 5.14. The highest BCUT2D eigenvalue weighted by molar-refractivity contribution is 6.30. The molecule has 0 saturated carbocycles. The van der Waals surface area contributed by atoms with Crippen molar-refractivity contribution in [1.82, 2.24) is 10.2 Å². The van der Waals surface area contributed by atoms with Gasteiger partial charge in [0.05, 0.1) is 0 Å². The topological polar surface area (TPSA) is 15.3 Å². The smallest absolute Gasteiger partial charge is 0.0409 e. The van der Waals surface area contributed by atoms with E-state index < -0.39 is 0 Å². The first-order valence-corrected chi connectivity index (χ1v) is 7.63. The third kappa shape index (κ3) is 5.13. The first-order valence-electron chi connectivity index (χ1n) is 7.25. The Bertz CT molecular complexity index is 364. The Balaban J connectivity index is 2.58. The van der Waals surface area contributed by atoms with Crippen molar-refractivity contribution in [2.45, 2.75) is 45.2 Å². The van der Waals surface area contributed by atoms with Crippen molar-refractivity contribution in [2.24, 2.45) is 0 Å². The van der Waals surface area contributed by atoms with Crippen molar-refractivity contribution in [2.75, 3.05) is 20.6 Å². The molecule has 0 aliphatic carbocycles. The van der Waals surface area contributed by atoms with E-state index in [0.717, 1.165) is 18.0 Å². The fraction of sp³-hybridized carbons (Fsp3) is 0.625. The van der Waals surface area contributed by atoms with Crippen LogP contribution in [0.15, 0.2) is 24.3 Å². The second kappa shape index (κ2) is 8.57. The molecule has 1 unspecified atom stereocenters. The molecule has 0 aliphatic rings. The van der Waals surface area contributed by atoms with Gasteiger partial charge in [-0.25, -0.2) is 0 Å². The highest BCUT2D eigenvalue weighted by atomic mass is 35.5. The summed E-state index contributed by atoms with van der Waals surface area (Å²) in [5.74, 6) is 0. The molecule has 0 bridgehead atoms. The van der Waals surface area contributed by atoms with Gasteiger partial charge in [-0.05, 0) is 57.6 Å². The van der Waals surface area contributed by atoms with E-state index in [0.29, 0.717) is 12.1 Å². The molecule has 0 aromatic heterocycles. The van der Waals surface area contributed by atoms with Gasteiger partial charge in [0, 0.05) is 17.1 Å². The van der Waals surface area contributed by atoms with Crippen molar-refractivity contribution in [3.8, 4) is 0 Å². The average Bonchev–Trinajstić information content (AvgIpc) is 2.41. The molecule has 108 valence electrons. The number of hydrogen-bond acceptors (Lipinski definition) is 2. The number of benzene rings is 1. The monoisotopic (exact) mass is 282 g/mol. The molecule has 1 atom stereocenters. The minimum Gasteiger partial charge on any atom is -0.313 e. The molecule has 2 nitrogen and oxygen atoms in total. The number of nitrogens with one attached hydrogen (secondary N) is 1. The van der Waals surface area contributed by atoms with Crippen LogP contribution in [-0.2, 0) is 0 Å². The lowest BCUT2D eigenvalue weighted by molar-refractivity contribution is 0.219. The summed E-state index contributed by atoms with van der Waals surface area (Å²) in [4.78, 5) is 2.47. The third-order valence-electron chi connectivity index (χ3n) is 3.94. The van der Waals surface area contributed by atoms with Crippen molar-refractivity contribution >= 4 is 11.6 Å². The Morgan fingerprint density at radius 3 is 2.47 bits per heavy atom. The summed E-state index contributed by atoms with van der Waals surface area (Å²) in [5.41, 5.74) is 1.27. The average molecular weight is 283 g/mol. The SMILES string of the molecule is CCC(CC)N(C)CCC(NC)c1cccc(Cl)c1. The van der Waals surface area contributed by atoms with Gasteiger partial charge in [0.15, 0.2) is 0 Å². The van der Waals surface area contributed by atoms with Gasteiger partial charge in [0.1, 0.15) is 0 Å². The van der Waals surface area contributed by atoms with Crippen LogP contribution in [0.2, 0.25) is 5.02 Å². The van der Waals surface area contributed by atoms with Crippen LogP contribution in [0.3, 0.4) is 0 Å². The molecule has 1 aromatic rings. The maximum Gasteiger partial charge on any atom is 0.0409 e. The van der Waals surface area contributed by atoms with Gasteiger partial charge in [-0.3, -0.25) is 0 Å². The Labute approximate surface area is 123 Å². The Morgan fingerprint density at radius 1 is 1.26 bits per heavy atom. The summed E-state index contributed by atoms with van der Waals surface area (Å²) in [7, 11) is 4.24. The number of hydrogen-bond donors (Lipinski definition) is 1. The van der Waals surface area contributed by atoms with Crippen LogP contribution < -0.4 is 5.32 Å². The molecule has 1 rings (SSSR count). The van der Waals surface area contributed by atoms with Crippen molar-refractivity contribution in [1.29, 1.82) is 0 Å². The number of halogens is 1. The summed E-state index contributed by atoms with van der Waals surface area (Å²) in [6, 6.07) is 9.21. The highest BCUT2D eigenvalue weighted by Gasteiger charge is 2.14. The predicted octanol–water partition coefficient (Wildman–Crippen LogP) is 4.11. The van der Waals surface area contributed by atoms with Crippen LogP contribution >= 0.6 is 11.6 Å². The standard InChI is InChI=1S/C16H27ClN2/c1-5-15(6-2)19(4)11-10-16(18-3)13-8-7-9-14(17)12-13/h7-9,12,15-16,18H,5-6,10-11H2,1-4H3. The summed E-state index contributed by atoms with van der Waals surface area (Å²) in [6.45, 7) is 5.62. The van der Waals surface area contributed by atoms with Crippen molar-refractivity contribution in [3.05, 3.63) is 34.9 Å². The van der Waals surface area contributed by atoms with Crippen LogP contribution in [0.25, 0.3) is 0 Å². The zero-order valence-corrected chi connectivity index (χ0v) is 13.4. The van der Waals surface area contributed by atoms with E-state index in [-0.39, 0.29) is 0 Å². The summed E-state index contributed by atoms with van der Waals surface area (Å²) < 4.78 is 0. The van der Waals surface area contributed by atoms with E-state index in [1.54, 1.807) is 0 Å². The molecule has 1 aromatic carbocycles. The normalized spacial score (nSPS) is 13.2. The van der Waals surface area contributed by atoms with Gasteiger partial charge in [0.25, 0.3) is 0 Å². The van der Waals surface area contributed by atoms with E-state index in [1.807, 2.05) is 19.2 Å². The Morgan fingerprint density at radius 2 is 1.95 bits per heavy atom. The van der Waals surface area contributed by atoms with Gasteiger partial charge >= 0.3 is 0 Å². The van der Waals surface area contributed by atoms with Crippen LogP contribution in [0.1, 0.15) is 44.7 Å². The lowest BCUT2D eigenvalue weighted by Crippen LogP contribution is -2.33. The first kappa shape index (κ1) is 16.5. The first-order chi connectivity index (χ1) is 9.12. The molecular formula is C16H27ClN2. The van der Waals surface area contributed by atoms with E-state index in [9.17, 15) is 0 Å². The van der Waals surface area contributed by atoms with Crippen LogP contribution in [0, 0.1) is 0 Å². The lowest BCUT2D eigenvalue weighted by Gasteiger charge is -2.28. The maximum absolute atomic E-state index is 6.07. The molecule has 0 aliphatic heterocycles. The molecule has 0 spiro atoms. The Kier molecular flexibility index (Phi) is 7.44. The molecule has 1 N–H and O–H groups in total. The van der Waals surface area contributed by atoms with Crippen molar-refractivity contribution < 1.29 is 0 Å². The summed E-state index contributed by atoms with van der Waals surface area (Å²) in [5, 5.41) is 4.20. The van der Waals surface area contributed by atoms with Crippen LogP contribution in [0.5, 0.6) is 0 Å². The van der Waals surface area contributed by atoms with Gasteiger partial charge in [-0.2, -0.15) is 0 Å². The van der Waals surface area contributed by atoms with E-state index in [1.165, 1.54) is 18.4 Å². The zero-order valence-electron chi connectivity index (χ0n) is 12.6. The van der Waals surface area contributed by atoms with Crippen LogP contribution in [0.4, 0.5) is 0 Å². The zero-order chi connectivity index (χ0) is 14.3. The molecule has 3 heteroatoms. The highest BCUT2D eigenvalue weighted by Crippen LogP contribution is 2.21. The van der Waals surface area contributed by atoms with E-state index in [4.69, 9.17) is 11.6 Å². The largest absolute Gasteiger partial charge is 0.313 e. The molecular weight excluding hydrogens is 256 g/mol. The molecule has 0 radical (unpaired) electrons. The van der Waals surface area contributed by atoms with Gasteiger partial charge < -0.3 is 10.2 Å². The number of rotatable bonds is 8. The third-order valence-corrected chi connectivity index (χ3v) is 4.17. The Hall–Kier alpha value is -0.570. The van der Waals surface area contributed by atoms with Crippen LogP contribution in [-0.4, -0.2) is 31.6 Å². The minimum atomic E-state index is 0.371. The fourth-order valence-corrected chi connectivity index (χ4v) is 2.83. The fourth-order valence-electron chi connectivity index (χ4n) is 2.63. The van der Waals surface area contributed by atoms with Crippen molar-refractivity contribution in [3.63, 3.8) is 0 Å². The van der Waals surface area contributed by atoms with Gasteiger partial charge in [-0.1, -0.05) is 37.6 Å². The summed E-state index contributed by atoms with van der Waals surface area (Å²) in [6.07, 6.45) is 3.53. The maximum atomic E-state index is 6.07. The van der Waals surface area contributed by atoms with Gasteiger partial charge in [0.2, 0.25) is 0 Å². The molecule has 0 amide bonds. The van der Waals surface area contributed by atoms with E-state index in [2.05, 4.69) is 43.2 Å². The van der Waals surface area contributed by atoms with E-state index >= 15 is 0 Å². The summed E-state index contributed by atoms with van der Waals surface area (Å²) >= 11 is 6.07.